The van der Waals surface area contributed by atoms with Crippen LogP contribution in [0.25, 0.3) is 5.78 Å². The summed E-state index contributed by atoms with van der Waals surface area (Å²) in [6.45, 7) is 1.84. The molecular weight excluding hydrogens is 337 g/mol. The molecule has 2 heterocycles. The number of methoxy groups -OCH3 is 1. The van der Waals surface area contributed by atoms with E-state index in [1.54, 1.807) is 25.4 Å². The lowest BCUT2D eigenvalue weighted by molar-refractivity contribution is 0.185. The number of para-hydroxylation sites is 1. The maximum Gasteiger partial charge on any atom is 0.299 e. The zero-order valence-corrected chi connectivity index (χ0v) is 13.7. The molecule has 0 saturated heterocycles. The van der Waals surface area contributed by atoms with Crippen LogP contribution in [-0.2, 0) is 21.4 Å². The number of rotatable bonds is 5. The van der Waals surface area contributed by atoms with Gasteiger partial charge in [-0.3, -0.25) is 4.72 Å². The quantitative estimate of drug-likeness (QED) is 0.748. The minimum Gasteiger partial charge on any atom is -0.380 e. The van der Waals surface area contributed by atoms with Crippen LogP contribution < -0.4 is 4.72 Å². The Morgan fingerprint density at radius 3 is 2.92 bits per heavy atom. The summed E-state index contributed by atoms with van der Waals surface area (Å²) < 4.78 is 47.4. The van der Waals surface area contributed by atoms with Crippen LogP contribution in [0.3, 0.4) is 0 Å². The number of hydrogen-bond donors (Lipinski definition) is 1. The monoisotopic (exact) mass is 351 g/mol. The predicted octanol–water partition coefficient (Wildman–Crippen LogP) is 1.52. The van der Waals surface area contributed by atoms with Gasteiger partial charge in [0.1, 0.15) is 5.82 Å². The SMILES string of the molecule is COCc1cccc(F)c1NS(=O)(=O)c1nc2ncc(C)cn2n1. The molecule has 0 saturated carbocycles. The van der Waals surface area contributed by atoms with E-state index in [1.807, 2.05) is 0 Å². The molecule has 126 valence electrons. The van der Waals surface area contributed by atoms with Crippen LogP contribution in [0.15, 0.2) is 35.7 Å². The molecule has 0 aliphatic heterocycles. The van der Waals surface area contributed by atoms with E-state index in [0.29, 0.717) is 5.56 Å². The Morgan fingerprint density at radius 2 is 2.17 bits per heavy atom. The van der Waals surface area contributed by atoms with Gasteiger partial charge in [0, 0.05) is 25.1 Å². The summed E-state index contributed by atoms with van der Waals surface area (Å²) >= 11 is 0. The highest BCUT2D eigenvalue weighted by Crippen LogP contribution is 2.23. The Hall–Kier alpha value is -2.59. The topological polar surface area (TPSA) is 98.5 Å². The zero-order chi connectivity index (χ0) is 17.3. The Kier molecular flexibility index (Phi) is 4.16. The summed E-state index contributed by atoms with van der Waals surface area (Å²) in [5.74, 6) is -0.586. The zero-order valence-electron chi connectivity index (χ0n) is 12.9. The van der Waals surface area contributed by atoms with Crippen LogP contribution in [-0.4, -0.2) is 35.1 Å². The molecule has 3 rings (SSSR count). The summed E-state index contributed by atoms with van der Waals surface area (Å²) in [6, 6.07) is 4.18. The molecule has 0 spiro atoms. The second-order valence-corrected chi connectivity index (χ2v) is 6.66. The third-order valence-corrected chi connectivity index (χ3v) is 4.31. The van der Waals surface area contributed by atoms with Crippen LogP contribution in [0.4, 0.5) is 10.1 Å². The third-order valence-electron chi connectivity index (χ3n) is 3.18. The molecule has 0 atom stereocenters. The Bertz CT molecular complexity index is 1000. The number of nitrogens with zero attached hydrogens (tertiary/aromatic N) is 4. The fourth-order valence-electron chi connectivity index (χ4n) is 2.11. The minimum atomic E-state index is -4.18. The summed E-state index contributed by atoms with van der Waals surface area (Å²) in [7, 11) is -2.75. The summed E-state index contributed by atoms with van der Waals surface area (Å²) in [6.07, 6.45) is 3.13. The minimum absolute atomic E-state index is 0.0506. The number of nitrogens with one attached hydrogen (secondary N) is 1. The van der Waals surface area contributed by atoms with Gasteiger partial charge in [-0.2, -0.15) is 13.4 Å². The molecule has 8 nitrogen and oxygen atoms in total. The van der Waals surface area contributed by atoms with Crippen LogP contribution in [0.2, 0.25) is 0 Å². The molecule has 1 aromatic carbocycles. The molecule has 0 radical (unpaired) electrons. The third kappa shape index (κ3) is 3.05. The molecule has 0 aliphatic carbocycles. The molecule has 0 bridgehead atoms. The van der Waals surface area contributed by atoms with Crippen molar-refractivity contribution in [3.05, 3.63) is 47.5 Å². The fraction of sp³-hybridized carbons (Fsp3) is 0.214. The lowest BCUT2D eigenvalue weighted by atomic mass is 10.2. The van der Waals surface area contributed by atoms with Gasteiger partial charge in [-0.15, -0.1) is 5.10 Å². The predicted molar refractivity (Wildman–Crippen MR) is 83.4 cm³/mol. The van der Waals surface area contributed by atoms with E-state index < -0.39 is 21.0 Å². The van der Waals surface area contributed by atoms with Gasteiger partial charge >= 0.3 is 0 Å². The average Bonchev–Trinajstić information content (AvgIpc) is 2.95. The average molecular weight is 351 g/mol. The van der Waals surface area contributed by atoms with Gasteiger partial charge in [-0.25, -0.2) is 13.9 Å². The molecule has 0 fully saturated rings. The number of hydrogen-bond acceptors (Lipinski definition) is 6. The smallest absolute Gasteiger partial charge is 0.299 e. The molecule has 1 N–H and O–H groups in total. The first-order valence-electron chi connectivity index (χ1n) is 6.89. The number of sulfonamides is 1. The molecular formula is C14H14FN5O3S. The second-order valence-electron chi connectivity index (χ2n) is 5.08. The number of aromatic nitrogens is 4. The van der Waals surface area contributed by atoms with Crippen molar-refractivity contribution < 1.29 is 17.5 Å². The van der Waals surface area contributed by atoms with Crippen LogP contribution in [0.5, 0.6) is 0 Å². The van der Waals surface area contributed by atoms with Crippen LogP contribution in [0.1, 0.15) is 11.1 Å². The van der Waals surface area contributed by atoms with Crippen molar-refractivity contribution in [2.24, 2.45) is 0 Å². The highest BCUT2D eigenvalue weighted by Gasteiger charge is 2.24. The molecule has 3 aromatic rings. The van der Waals surface area contributed by atoms with Gasteiger partial charge in [0.25, 0.3) is 21.0 Å². The second kappa shape index (κ2) is 6.13. The van der Waals surface area contributed by atoms with Gasteiger partial charge in [0.15, 0.2) is 0 Å². The normalized spacial score (nSPS) is 11.8. The van der Waals surface area contributed by atoms with Crippen LogP contribution in [0, 0.1) is 12.7 Å². The van der Waals surface area contributed by atoms with Crippen molar-refractivity contribution in [3.8, 4) is 0 Å². The van der Waals surface area contributed by atoms with E-state index in [0.717, 1.165) is 11.6 Å². The van der Waals surface area contributed by atoms with E-state index >= 15 is 0 Å². The summed E-state index contributed by atoms with van der Waals surface area (Å²) in [4.78, 5) is 7.85. The number of benzene rings is 1. The summed E-state index contributed by atoms with van der Waals surface area (Å²) in [5.41, 5.74) is 0.960. The van der Waals surface area contributed by atoms with Crippen molar-refractivity contribution in [1.29, 1.82) is 0 Å². The molecule has 0 unspecified atom stereocenters. The molecule has 24 heavy (non-hydrogen) atoms. The van der Waals surface area contributed by atoms with E-state index in [4.69, 9.17) is 4.74 Å². The lowest BCUT2D eigenvalue weighted by Crippen LogP contribution is -2.17. The highest BCUT2D eigenvalue weighted by molar-refractivity contribution is 7.92. The van der Waals surface area contributed by atoms with E-state index in [2.05, 4.69) is 19.8 Å². The first-order chi connectivity index (χ1) is 11.4. The van der Waals surface area contributed by atoms with Crippen molar-refractivity contribution in [2.75, 3.05) is 11.8 Å². The number of ether oxygens (including phenoxy) is 1. The number of aryl methyl sites for hydroxylation is 1. The first-order valence-corrected chi connectivity index (χ1v) is 8.37. The van der Waals surface area contributed by atoms with Crippen molar-refractivity contribution in [2.45, 2.75) is 18.7 Å². The number of fused-ring (bicyclic) bond motifs is 1. The number of halogens is 1. The first kappa shape index (κ1) is 16.3. The Labute approximate surface area is 137 Å². The van der Waals surface area contributed by atoms with Gasteiger partial charge in [-0.05, 0) is 18.6 Å². The van der Waals surface area contributed by atoms with Gasteiger partial charge in [0.2, 0.25) is 0 Å². The van der Waals surface area contributed by atoms with E-state index in [1.165, 1.54) is 17.7 Å². The van der Waals surface area contributed by atoms with Crippen LogP contribution >= 0.6 is 0 Å². The largest absolute Gasteiger partial charge is 0.380 e. The maximum atomic E-state index is 14.0. The Morgan fingerprint density at radius 1 is 1.38 bits per heavy atom. The molecule has 2 aromatic heterocycles. The lowest BCUT2D eigenvalue weighted by Gasteiger charge is -2.11. The summed E-state index contributed by atoms with van der Waals surface area (Å²) in [5, 5.41) is 3.39. The standard InChI is InChI=1S/C14H14FN5O3S/c1-9-6-16-13-17-14(18-20(13)7-9)24(21,22)19-12-10(8-23-2)4-3-5-11(12)15/h3-7,19H,8H2,1-2H3. The fourth-order valence-corrected chi connectivity index (χ4v) is 3.10. The van der Waals surface area contributed by atoms with E-state index in [-0.39, 0.29) is 18.1 Å². The van der Waals surface area contributed by atoms with Crippen molar-refractivity contribution in [1.82, 2.24) is 19.6 Å². The molecule has 0 amide bonds. The molecule has 0 aliphatic rings. The number of anilines is 1. The van der Waals surface area contributed by atoms with E-state index in [9.17, 15) is 12.8 Å². The van der Waals surface area contributed by atoms with Crippen molar-refractivity contribution in [3.63, 3.8) is 0 Å². The van der Waals surface area contributed by atoms with Gasteiger partial charge in [-0.1, -0.05) is 12.1 Å². The molecule has 10 heteroatoms. The highest BCUT2D eigenvalue weighted by atomic mass is 32.2. The van der Waals surface area contributed by atoms with Gasteiger partial charge in [0.05, 0.1) is 12.3 Å². The maximum absolute atomic E-state index is 14.0. The van der Waals surface area contributed by atoms with Crippen molar-refractivity contribution >= 4 is 21.5 Å². The Balaban J connectivity index is 2.02. The van der Waals surface area contributed by atoms with Gasteiger partial charge < -0.3 is 4.74 Å².